The van der Waals surface area contributed by atoms with Gasteiger partial charge < -0.3 is 20.3 Å². The summed E-state index contributed by atoms with van der Waals surface area (Å²) in [6, 6.07) is -0.395. The Bertz CT molecular complexity index is 794. The molecule has 4 rings (SSSR count). The molecule has 1 atom stereocenters. The van der Waals surface area contributed by atoms with Gasteiger partial charge in [0.2, 0.25) is 11.9 Å². The van der Waals surface area contributed by atoms with E-state index in [0.29, 0.717) is 32.3 Å². The van der Waals surface area contributed by atoms with Crippen molar-refractivity contribution in [2.45, 2.75) is 63.3 Å². The third-order valence-corrected chi connectivity index (χ3v) is 6.89. The van der Waals surface area contributed by atoms with E-state index >= 15 is 0 Å². The van der Waals surface area contributed by atoms with Crippen LogP contribution in [0, 0.1) is 0 Å². The van der Waals surface area contributed by atoms with Crippen molar-refractivity contribution in [2.75, 3.05) is 44.3 Å². The molecule has 3 N–H and O–H groups in total. The van der Waals surface area contributed by atoms with E-state index in [2.05, 4.69) is 16.8 Å². The minimum absolute atomic E-state index is 0.00605. The highest BCUT2D eigenvalue weighted by Gasteiger charge is 2.45. The van der Waals surface area contributed by atoms with Crippen LogP contribution >= 0.6 is 0 Å². The van der Waals surface area contributed by atoms with Gasteiger partial charge in [-0.15, -0.1) is 0 Å². The second kappa shape index (κ2) is 8.44. The molecule has 0 radical (unpaired) electrons. The maximum atomic E-state index is 12.7. The van der Waals surface area contributed by atoms with Gasteiger partial charge in [0.25, 0.3) is 5.56 Å². The Kier molecular flexibility index (Phi) is 5.92. The van der Waals surface area contributed by atoms with Gasteiger partial charge in [-0.3, -0.25) is 14.6 Å². The van der Waals surface area contributed by atoms with E-state index in [1.165, 1.54) is 0 Å². The van der Waals surface area contributed by atoms with Crippen LogP contribution < -0.4 is 16.2 Å². The highest BCUT2D eigenvalue weighted by molar-refractivity contribution is 5.81. The van der Waals surface area contributed by atoms with Crippen LogP contribution in [0.2, 0.25) is 0 Å². The van der Waals surface area contributed by atoms with Gasteiger partial charge in [-0.1, -0.05) is 19.8 Å². The summed E-state index contributed by atoms with van der Waals surface area (Å²) in [5.74, 6) is 0.734. The number of fused-ring (bicyclic) bond motifs is 2. The van der Waals surface area contributed by atoms with E-state index in [4.69, 9.17) is 15.5 Å². The molecule has 160 valence electrons. The SMILES string of the molecule is CCCCC(N)C(=O)N1CCC2(CCc3c2nc(N2CCOCC2)[nH]c3=O)CC1. The number of H-pyrrole nitrogens is 1. The first-order chi connectivity index (χ1) is 14.0. The molecule has 2 fully saturated rings. The highest BCUT2D eigenvalue weighted by Crippen LogP contribution is 2.44. The number of nitrogens with two attached hydrogens (primary N) is 1. The molecule has 3 aliphatic rings. The number of hydrogen-bond donors (Lipinski definition) is 2. The third-order valence-electron chi connectivity index (χ3n) is 6.89. The van der Waals surface area contributed by atoms with Gasteiger partial charge in [0.05, 0.1) is 24.9 Å². The van der Waals surface area contributed by atoms with E-state index in [1.807, 2.05) is 4.90 Å². The number of amides is 1. The van der Waals surface area contributed by atoms with E-state index in [1.54, 1.807) is 0 Å². The van der Waals surface area contributed by atoms with Gasteiger partial charge >= 0.3 is 0 Å². The molecule has 2 saturated heterocycles. The summed E-state index contributed by atoms with van der Waals surface area (Å²) in [5, 5.41) is 0. The largest absolute Gasteiger partial charge is 0.378 e. The molecular weight excluding hydrogens is 370 g/mol. The Morgan fingerprint density at radius 1 is 1.24 bits per heavy atom. The number of nitrogens with one attached hydrogen (secondary N) is 1. The van der Waals surface area contributed by atoms with Gasteiger partial charge in [0.15, 0.2) is 0 Å². The quantitative estimate of drug-likeness (QED) is 0.758. The van der Waals surface area contributed by atoms with Crippen molar-refractivity contribution in [3.8, 4) is 0 Å². The molecule has 1 aromatic heterocycles. The Labute approximate surface area is 171 Å². The van der Waals surface area contributed by atoms with E-state index < -0.39 is 6.04 Å². The number of anilines is 1. The number of likely N-dealkylation sites (tertiary alicyclic amines) is 1. The van der Waals surface area contributed by atoms with Gasteiger partial charge in [0, 0.05) is 37.2 Å². The number of unbranched alkanes of at least 4 members (excludes halogenated alkanes) is 1. The number of nitrogens with zero attached hydrogens (tertiary/aromatic N) is 3. The molecule has 3 heterocycles. The molecule has 29 heavy (non-hydrogen) atoms. The van der Waals surface area contributed by atoms with Crippen molar-refractivity contribution in [3.05, 3.63) is 21.6 Å². The van der Waals surface area contributed by atoms with Crippen molar-refractivity contribution in [1.29, 1.82) is 0 Å². The summed E-state index contributed by atoms with van der Waals surface area (Å²) in [5.41, 5.74) is 7.82. The minimum atomic E-state index is -0.395. The van der Waals surface area contributed by atoms with Gasteiger partial charge in [-0.2, -0.15) is 0 Å². The fraction of sp³-hybridized carbons (Fsp3) is 0.762. The normalized spacial score (nSPS) is 22.0. The van der Waals surface area contributed by atoms with Crippen molar-refractivity contribution in [1.82, 2.24) is 14.9 Å². The van der Waals surface area contributed by atoms with Crippen LogP contribution in [0.15, 0.2) is 4.79 Å². The van der Waals surface area contributed by atoms with Crippen molar-refractivity contribution < 1.29 is 9.53 Å². The number of carbonyl (C=O) groups is 1. The molecule has 0 bridgehead atoms. The lowest BCUT2D eigenvalue weighted by molar-refractivity contribution is -0.134. The summed E-state index contributed by atoms with van der Waals surface area (Å²) in [6.45, 7) is 6.29. The van der Waals surface area contributed by atoms with Crippen molar-refractivity contribution in [3.63, 3.8) is 0 Å². The zero-order valence-electron chi connectivity index (χ0n) is 17.4. The second-order valence-electron chi connectivity index (χ2n) is 8.67. The van der Waals surface area contributed by atoms with Crippen LogP contribution in [-0.2, 0) is 21.4 Å². The number of piperidine rings is 1. The van der Waals surface area contributed by atoms with Crippen LogP contribution in [0.4, 0.5) is 5.95 Å². The highest BCUT2D eigenvalue weighted by atomic mass is 16.5. The first-order valence-electron chi connectivity index (χ1n) is 11.0. The number of rotatable bonds is 5. The Morgan fingerprint density at radius 2 is 1.97 bits per heavy atom. The van der Waals surface area contributed by atoms with Crippen LogP contribution in [-0.4, -0.2) is 66.2 Å². The smallest absolute Gasteiger partial charge is 0.255 e. The molecule has 1 unspecified atom stereocenters. The lowest BCUT2D eigenvalue weighted by Gasteiger charge is -2.40. The Morgan fingerprint density at radius 3 is 2.66 bits per heavy atom. The number of aromatic amines is 1. The van der Waals surface area contributed by atoms with Gasteiger partial charge in [0.1, 0.15) is 0 Å². The molecule has 1 aromatic rings. The Hall–Kier alpha value is -1.93. The lowest BCUT2D eigenvalue weighted by atomic mass is 9.76. The molecule has 1 spiro atoms. The minimum Gasteiger partial charge on any atom is -0.378 e. The van der Waals surface area contributed by atoms with E-state index in [-0.39, 0.29) is 16.9 Å². The Balaban J connectivity index is 1.50. The lowest BCUT2D eigenvalue weighted by Crippen LogP contribution is -2.50. The molecule has 0 aromatic carbocycles. The average Bonchev–Trinajstić information content (AvgIpc) is 3.11. The summed E-state index contributed by atoms with van der Waals surface area (Å²) in [6.07, 6.45) is 6.19. The first kappa shape index (κ1) is 20.3. The van der Waals surface area contributed by atoms with Crippen LogP contribution in [0.25, 0.3) is 0 Å². The van der Waals surface area contributed by atoms with Crippen LogP contribution in [0.5, 0.6) is 0 Å². The number of ether oxygens (including phenoxy) is 1. The molecule has 8 nitrogen and oxygen atoms in total. The molecular formula is C21H33N5O3. The summed E-state index contributed by atoms with van der Waals surface area (Å²) >= 11 is 0. The maximum absolute atomic E-state index is 12.7. The maximum Gasteiger partial charge on any atom is 0.255 e. The number of morpholine rings is 1. The average molecular weight is 404 g/mol. The fourth-order valence-electron chi connectivity index (χ4n) is 4.99. The number of hydrogen-bond acceptors (Lipinski definition) is 6. The molecule has 0 saturated carbocycles. The van der Waals surface area contributed by atoms with Crippen LogP contribution in [0.1, 0.15) is 56.7 Å². The third kappa shape index (κ3) is 3.92. The number of carbonyl (C=O) groups excluding carboxylic acids is 1. The standard InChI is InChI=1S/C21H33N5O3/c1-2-3-4-16(22)19(28)25-9-7-21(8-10-25)6-5-15-17(21)23-20(24-18(15)27)26-11-13-29-14-12-26/h16H,2-14,22H2,1H3,(H,23,24,27). The predicted molar refractivity (Wildman–Crippen MR) is 111 cm³/mol. The van der Waals surface area contributed by atoms with E-state index in [0.717, 1.165) is 69.3 Å². The van der Waals surface area contributed by atoms with Gasteiger partial charge in [-0.25, -0.2) is 4.98 Å². The first-order valence-corrected chi connectivity index (χ1v) is 11.0. The summed E-state index contributed by atoms with van der Waals surface area (Å²) < 4.78 is 5.42. The van der Waals surface area contributed by atoms with Crippen molar-refractivity contribution in [2.24, 2.45) is 5.73 Å². The second-order valence-corrected chi connectivity index (χ2v) is 8.67. The summed E-state index contributed by atoms with van der Waals surface area (Å²) in [4.78, 5) is 37.4. The molecule has 1 aliphatic carbocycles. The summed E-state index contributed by atoms with van der Waals surface area (Å²) in [7, 11) is 0. The van der Waals surface area contributed by atoms with Crippen molar-refractivity contribution >= 4 is 11.9 Å². The zero-order chi connectivity index (χ0) is 20.4. The molecule has 8 heteroatoms. The fourth-order valence-corrected chi connectivity index (χ4v) is 4.99. The van der Waals surface area contributed by atoms with Gasteiger partial charge in [-0.05, 0) is 32.1 Å². The predicted octanol–water partition coefficient (Wildman–Crippen LogP) is 0.930. The molecule has 2 aliphatic heterocycles. The topological polar surface area (TPSA) is 105 Å². The number of aromatic nitrogens is 2. The molecule has 1 amide bonds. The van der Waals surface area contributed by atoms with E-state index in [9.17, 15) is 9.59 Å². The van der Waals surface area contributed by atoms with Crippen LogP contribution in [0.3, 0.4) is 0 Å². The zero-order valence-corrected chi connectivity index (χ0v) is 17.4. The monoisotopic (exact) mass is 403 g/mol.